The maximum absolute atomic E-state index is 13.6. The van der Waals surface area contributed by atoms with E-state index in [1.54, 1.807) is 31.6 Å². The molecule has 2 aromatic rings. The lowest BCUT2D eigenvalue weighted by atomic mass is 10.1. The van der Waals surface area contributed by atoms with Gasteiger partial charge in [-0.05, 0) is 18.2 Å². The van der Waals surface area contributed by atoms with Gasteiger partial charge in [-0.2, -0.15) is 5.10 Å². The second-order valence-electron chi connectivity index (χ2n) is 3.47. The van der Waals surface area contributed by atoms with Crippen LogP contribution in [0.15, 0.2) is 30.6 Å². The molecule has 0 amide bonds. The summed E-state index contributed by atoms with van der Waals surface area (Å²) in [5.41, 5.74) is 1.16. The highest BCUT2D eigenvalue weighted by atomic mass is 19.1. The molecule has 0 spiro atoms. The summed E-state index contributed by atoms with van der Waals surface area (Å²) in [6.07, 6.45) is 3.20. The average molecular weight is 236 g/mol. The summed E-state index contributed by atoms with van der Waals surface area (Å²) in [5.74, 6) is 0.310. The lowest BCUT2D eigenvalue weighted by molar-refractivity contribution is 0.146. The first-order valence-corrected chi connectivity index (χ1v) is 5.21. The molecule has 0 bridgehead atoms. The third kappa shape index (κ3) is 2.82. The first-order chi connectivity index (χ1) is 8.31. The molecule has 0 aliphatic rings. The van der Waals surface area contributed by atoms with Gasteiger partial charge in [0.2, 0.25) is 0 Å². The van der Waals surface area contributed by atoms with Crippen LogP contribution in [-0.2, 0) is 4.74 Å². The van der Waals surface area contributed by atoms with Crippen molar-refractivity contribution >= 4 is 0 Å². The number of hydrogen-bond donors (Lipinski definition) is 1. The van der Waals surface area contributed by atoms with Crippen molar-refractivity contribution in [1.82, 2.24) is 10.2 Å². The Bertz CT molecular complexity index is 471. The summed E-state index contributed by atoms with van der Waals surface area (Å²) in [6.45, 7) is 0.936. The Hall–Kier alpha value is -1.88. The van der Waals surface area contributed by atoms with E-state index in [1.165, 1.54) is 6.07 Å². The van der Waals surface area contributed by atoms with E-state index in [1.807, 2.05) is 0 Å². The Morgan fingerprint density at radius 2 is 2.24 bits per heavy atom. The predicted octanol–water partition coefficient (Wildman–Crippen LogP) is 2.24. The van der Waals surface area contributed by atoms with Crippen molar-refractivity contribution in [3.8, 4) is 16.9 Å². The Morgan fingerprint density at radius 1 is 1.35 bits per heavy atom. The molecule has 0 aliphatic carbocycles. The molecule has 0 radical (unpaired) electrons. The van der Waals surface area contributed by atoms with E-state index in [0.717, 1.165) is 0 Å². The van der Waals surface area contributed by atoms with Gasteiger partial charge in [0.25, 0.3) is 0 Å². The minimum atomic E-state index is -0.300. The Labute approximate surface area is 98.4 Å². The predicted molar refractivity (Wildman–Crippen MR) is 61.4 cm³/mol. The van der Waals surface area contributed by atoms with Crippen LogP contribution in [0.3, 0.4) is 0 Å². The average Bonchev–Trinajstić information content (AvgIpc) is 2.85. The van der Waals surface area contributed by atoms with Gasteiger partial charge in [0.1, 0.15) is 18.2 Å². The number of halogens is 1. The summed E-state index contributed by atoms with van der Waals surface area (Å²) in [7, 11) is 1.60. The normalized spacial score (nSPS) is 10.5. The molecule has 2 rings (SSSR count). The maximum atomic E-state index is 13.6. The number of nitrogens with one attached hydrogen (secondary N) is 1. The third-order valence-corrected chi connectivity index (χ3v) is 2.30. The van der Waals surface area contributed by atoms with E-state index >= 15 is 0 Å². The third-order valence-electron chi connectivity index (χ3n) is 2.30. The number of aromatic nitrogens is 2. The summed E-state index contributed by atoms with van der Waals surface area (Å²) in [4.78, 5) is 0. The van der Waals surface area contributed by atoms with Crippen molar-refractivity contribution in [3.63, 3.8) is 0 Å². The number of rotatable bonds is 5. The SMILES string of the molecule is COCCOc1ccc(F)c(-c2cn[nH]c2)c1. The van der Waals surface area contributed by atoms with Crippen LogP contribution in [0.25, 0.3) is 11.1 Å². The topological polar surface area (TPSA) is 47.1 Å². The van der Waals surface area contributed by atoms with Crippen LogP contribution >= 0.6 is 0 Å². The molecule has 90 valence electrons. The Balaban J connectivity index is 2.18. The van der Waals surface area contributed by atoms with E-state index < -0.39 is 0 Å². The summed E-state index contributed by atoms with van der Waals surface area (Å²) >= 11 is 0. The molecule has 1 N–H and O–H groups in total. The van der Waals surface area contributed by atoms with E-state index in [2.05, 4.69) is 10.2 Å². The quantitative estimate of drug-likeness (QED) is 0.810. The highest BCUT2D eigenvalue weighted by molar-refractivity contribution is 5.64. The highest BCUT2D eigenvalue weighted by Crippen LogP contribution is 2.26. The number of ether oxygens (including phenoxy) is 2. The van der Waals surface area contributed by atoms with Crippen LogP contribution in [-0.4, -0.2) is 30.5 Å². The van der Waals surface area contributed by atoms with Crippen LogP contribution in [0.5, 0.6) is 5.75 Å². The first-order valence-electron chi connectivity index (χ1n) is 5.21. The van der Waals surface area contributed by atoms with Gasteiger partial charge in [0.15, 0.2) is 0 Å². The summed E-state index contributed by atoms with van der Waals surface area (Å²) in [6, 6.07) is 4.62. The fourth-order valence-electron chi connectivity index (χ4n) is 1.46. The van der Waals surface area contributed by atoms with Gasteiger partial charge in [-0.15, -0.1) is 0 Å². The van der Waals surface area contributed by atoms with Crippen molar-refractivity contribution < 1.29 is 13.9 Å². The highest BCUT2D eigenvalue weighted by Gasteiger charge is 2.07. The smallest absolute Gasteiger partial charge is 0.131 e. The Morgan fingerprint density at radius 3 is 2.94 bits per heavy atom. The second kappa shape index (κ2) is 5.45. The van der Waals surface area contributed by atoms with Crippen LogP contribution in [0.4, 0.5) is 4.39 Å². The fourth-order valence-corrected chi connectivity index (χ4v) is 1.46. The molecule has 1 heterocycles. The maximum Gasteiger partial charge on any atom is 0.131 e. The first kappa shape index (κ1) is 11.6. The van der Waals surface area contributed by atoms with Crippen LogP contribution in [0.1, 0.15) is 0 Å². The number of benzene rings is 1. The zero-order valence-electron chi connectivity index (χ0n) is 9.44. The van der Waals surface area contributed by atoms with Gasteiger partial charge in [0, 0.05) is 24.4 Å². The van der Waals surface area contributed by atoms with Crippen molar-refractivity contribution in [2.45, 2.75) is 0 Å². The molecule has 0 saturated carbocycles. The van der Waals surface area contributed by atoms with E-state index in [-0.39, 0.29) is 5.82 Å². The number of aromatic amines is 1. The summed E-state index contributed by atoms with van der Waals surface area (Å²) in [5, 5.41) is 6.44. The van der Waals surface area contributed by atoms with Crippen molar-refractivity contribution in [2.75, 3.05) is 20.3 Å². The molecular formula is C12H13FN2O2. The van der Waals surface area contributed by atoms with Crippen LogP contribution < -0.4 is 4.74 Å². The fraction of sp³-hybridized carbons (Fsp3) is 0.250. The molecule has 0 fully saturated rings. The molecule has 5 heteroatoms. The van der Waals surface area contributed by atoms with E-state index in [9.17, 15) is 4.39 Å². The Kier molecular flexibility index (Phi) is 3.72. The number of hydrogen-bond acceptors (Lipinski definition) is 3. The molecule has 1 aromatic carbocycles. The molecule has 0 atom stereocenters. The van der Waals surface area contributed by atoms with Crippen LogP contribution in [0, 0.1) is 5.82 Å². The molecule has 0 unspecified atom stereocenters. The standard InChI is InChI=1S/C12H13FN2O2/c1-16-4-5-17-10-2-3-12(13)11(6-10)9-7-14-15-8-9/h2-3,6-8H,4-5H2,1H3,(H,14,15). The van der Waals surface area contributed by atoms with E-state index in [4.69, 9.17) is 9.47 Å². The monoisotopic (exact) mass is 236 g/mol. The van der Waals surface area contributed by atoms with Crippen LogP contribution in [0.2, 0.25) is 0 Å². The zero-order chi connectivity index (χ0) is 12.1. The van der Waals surface area contributed by atoms with Crippen molar-refractivity contribution in [2.24, 2.45) is 0 Å². The van der Waals surface area contributed by atoms with Gasteiger partial charge in [0.05, 0.1) is 12.8 Å². The summed E-state index contributed by atoms with van der Waals surface area (Å²) < 4.78 is 23.9. The molecule has 4 nitrogen and oxygen atoms in total. The van der Waals surface area contributed by atoms with Gasteiger partial charge in [-0.25, -0.2) is 4.39 Å². The van der Waals surface area contributed by atoms with Crippen molar-refractivity contribution in [1.29, 1.82) is 0 Å². The molecule has 0 aliphatic heterocycles. The minimum Gasteiger partial charge on any atom is -0.491 e. The van der Waals surface area contributed by atoms with Gasteiger partial charge in [-0.1, -0.05) is 0 Å². The lowest BCUT2D eigenvalue weighted by Crippen LogP contribution is -2.04. The molecular weight excluding hydrogens is 223 g/mol. The number of H-pyrrole nitrogens is 1. The molecule has 0 saturated heterocycles. The molecule has 1 aromatic heterocycles. The second-order valence-corrected chi connectivity index (χ2v) is 3.47. The van der Waals surface area contributed by atoms with Gasteiger partial charge < -0.3 is 9.47 Å². The number of nitrogens with zero attached hydrogens (tertiary/aromatic N) is 1. The number of methoxy groups -OCH3 is 1. The van der Waals surface area contributed by atoms with E-state index in [0.29, 0.717) is 30.1 Å². The largest absolute Gasteiger partial charge is 0.491 e. The van der Waals surface area contributed by atoms with Crippen molar-refractivity contribution in [3.05, 3.63) is 36.4 Å². The van der Waals surface area contributed by atoms with Gasteiger partial charge in [-0.3, -0.25) is 5.10 Å². The lowest BCUT2D eigenvalue weighted by Gasteiger charge is -2.07. The molecule has 17 heavy (non-hydrogen) atoms. The van der Waals surface area contributed by atoms with Gasteiger partial charge >= 0.3 is 0 Å². The zero-order valence-corrected chi connectivity index (χ0v) is 9.44. The minimum absolute atomic E-state index is 0.300.